The van der Waals surface area contributed by atoms with Crippen molar-refractivity contribution in [1.82, 2.24) is 0 Å². The average Bonchev–Trinajstić information content (AvgIpc) is 3.67. The van der Waals surface area contributed by atoms with Gasteiger partial charge in [-0.1, -0.05) is 37.6 Å². The van der Waals surface area contributed by atoms with Crippen molar-refractivity contribution in [2.45, 2.75) is 57.8 Å². The van der Waals surface area contributed by atoms with Gasteiger partial charge in [-0.25, -0.2) is 0 Å². The molecule has 0 atom stereocenters. The number of halogens is 1. The number of hydrogen-bond donors (Lipinski definition) is 0. The number of hydrogen-bond acceptors (Lipinski definition) is 5. The lowest BCUT2D eigenvalue weighted by molar-refractivity contribution is -0.401. The Morgan fingerprint density at radius 2 is 1.44 bits per heavy atom. The summed E-state index contributed by atoms with van der Waals surface area (Å²) in [5.74, 6) is 3.26. The summed E-state index contributed by atoms with van der Waals surface area (Å²) in [4.78, 5) is 2.26. The summed E-state index contributed by atoms with van der Waals surface area (Å²) in [7, 11) is 4.24. The first kappa shape index (κ1) is 26.3. The highest BCUT2D eigenvalue weighted by atomic mass is 35.5. The molecular weight excluding hydrogens is 536 g/mol. The predicted molar refractivity (Wildman–Crippen MR) is 162 cm³/mol. The topological polar surface area (TPSA) is 43.2 Å². The van der Waals surface area contributed by atoms with E-state index in [4.69, 9.17) is 30.5 Å². The largest absolute Gasteiger partial charge is 0.454 e. The van der Waals surface area contributed by atoms with Gasteiger partial charge in [-0.2, -0.15) is 4.58 Å². The maximum Gasteiger partial charge on any atom is 0.231 e. The fourth-order valence-electron chi connectivity index (χ4n) is 7.00. The molecule has 41 heavy (non-hydrogen) atoms. The van der Waals surface area contributed by atoms with E-state index in [-0.39, 0.29) is 24.4 Å². The molecule has 7 rings (SSSR count). The van der Waals surface area contributed by atoms with E-state index in [1.165, 1.54) is 33.7 Å². The monoisotopic (exact) mass is 571 g/mol. The number of rotatable bonds is 3. The SMILES string of the molecule is CN1/C(=C\C=C2/CCCC(/C=C/C3=[N+](C)c4cc5c(cc4C3(C)C)OCO5)=C2Cl)C(C)(C)c2cc3c(cc21)OCO3. The Morgan fingerprint density at radius 1 is 0.805 bits per heavy atom. The molecule has 0 aromatic heterocycles. The van der Waals surface area contributed by atoms with Crippen molar-refractivity contribution in [2.24, 2.45) is 0 Å². The van der Waals surface area contributed by atoms with Gasteiger partial charge < -0.3 is 23.8 Å². The van der Waals surface area contributed by atoms with Crippen LogP contribution >= 0.6 is 11.6 Å². The summed E-state index contributed by atoms with van der Waals surface area (Å²) in [6.07, 6.45) is 11.9. The quantitative estimate of drug-likeness (QED) is 0.355. The maximum atomic E-state index is 7.08. The second-order valence-corrected chi connectivity index (χ2v) is 12.8. The number of benzene rings is 2. The Kier molecular flexibility index (Phi) is 5.88. The Labute approximate surface area is 246 Å². The van der Waals surface area contributed by atoms with Crippen LogP contribution in [0.2, 0.25) is 0 Å². The number of anilines is 1. The van der Waals surface area contributed by atoms with E-state index in [2.05, 4.69) is 99.8 Å². The van der Waals surface area contributed by atoms with Crippen molar-refractivity contribution in [1.29, 1.82) is 0 Å². The molecule has 1 aliphatic carbocycles. The molecule has 0 radical (unpaired) electrons. The first-order valence-electron chi connectivity index (χ1n) is 14.3. The van der Waals surface area contributed by atoms with Crippen molar-refractivity contribution in [2.75, 3.05) is 32.6 Å². The van der Waals surface area contributed by atoms with Gasteiger partial charge in [-0.05, 0) is 68.0 Å². The van der Waals surface area contributed by atoms with Crippen molar-refractivity contribution in [3.8, 4) is 23.0 Å². The molecule has 212 valence electrons. The highest BCUT2D eigenvalue weighted by Gasteiger charge is 2.45. The van der Waals surface area contributed by atoms with Gasteiger partial charge in [0.15, 0.2) is 28.7 Å². The molecule has 2 aromatic rings. The summed E-state index contributed by atoms with van der Waals surface area (Å²) >= 11 is 7.08. The second kappa shape index (κ2) is 9.18. The van der Waals surface area contributed by atoms with E-state index in [0.717, 1.165) is 58.7 Å². The van der Waals surface area contributed by atoms with Crippen LogP contribution in [-0.2, 0) is 10.8 Å². The lowest BCUT2D eigenvalue weighted by Crippen LogP contribution is -2.26. The van der Waals surface area contributed by atoms with Crippen LogP contribution in [0.4, 0.5) is 11.4 Å². The summed E-state index contributed by atoms with van der Waals surface area (Å²) in [6, 6.07) is 8.44. The molecule has 0 unspecified atom stereocenters. The molecule has 6 nitrogen and oxygen atoms in total. The average molecular weight is 572 g/mol. The van der Waals surface area contributed by atoms with Crippen LogP contribution in [0.3, 0.4) is 0 Å². The molecule has 7 heteroatoms. The van der Waals surface area contributed by atoms with Crippen LogP contribution in [0.1, 0.15) is 58.1 Å². The second-order valence-electron chi connectivity index (χ2n) is 12.5. The minimum Gasteiger partial charge on any atom is -0.454 e. The van der Waals surface area contributed by atoms with Gasteiger partial charge in [0.2, 0.25) is 19.3 Å². The molecule has 0 saturated heterocycles. The van der Waals surface area contributed by atoms with Gasteiger partial charge in [0.05, 0.1) is 11.5 Å². The summed E-state index contributed by atoms with van der Waals surface area (Å²) < 4.78 is 24.9. The van der Waals surface area contributed by atoms with Gasteiger partial charge in [-0.3, -0.25) is 0 Å². The Bertz CT molecular complexity index is 1660. The number of nitrogens with zero attached hydrogens (tertiary/aromatic N) is 2. The maximum absolute atomic E-state index is 7.08. The zero-order valence-corrected chi connectivity index (χ0v) is 25.3. The highest BCUT2D eigenvalue weighted by Crippen LogP contribution is 2.52. The van der Waals surface area contributed by atoms with E-state index in [9.17, 15) is 0 Å². The van der Waals surface area contributed by atoms with Crippen LogP contribution in [0.5, 0.6) is 23.0 Å². The van der Waals surface area contributed by atoms with E-state index in [1.807, 2.05) is 0 Å². The highest BCUT2D eigenvalue weighted by molar-refractivity contribution is 6.32. The van der Waals surface area contributed by atoms with E-state index in [0.29, 0.717) is 0 Å². The van der Waals surface area contributed by atoms with Gasteiger partial charge in [0.1, 0.15) is 7.05 Å². The van der Waals surface area contributed by atoms with Crippen LogP contribution in [0.25, 0.3) is 0 Å². The van der Waals surface area contributed by atoms with Gasteiger partial charge >= 0.3 is 0 Å². The zero-order chi connectivity index (χ0) is 28.7. The smallest absolute Gasteiger partial charge is 0.231 e. The van der Waals surface area contributed by atoms with Crippen molar-refractivity contribution in [3.63, 3.8) is 0 Å². The molecule has 4 aliphatic heterocycles. The lowest BCUT2D eigenvalue weighted by atomic mass is 9.81. The Morgan fingerprint density at radius 3 is 2.15 bits per heavy atom. The third-order valence-corrected chi connectivity index (χ3v) is 9.88. The van der Waals surface area contributed by atoms with Gasteiger partial charge in [0, 0.05) is 46.6 Å². The minimum atomic E-state index is -0.170. The fourth-order valence-corrected chi connectivity index (χ4v) is 7.32. The molecular formula is C34H36ClN2O4+. The molecule has 0 N–H and O–H groups in total. The first-order chi connectivity index (χ1) is 19.6. The molecule has 0 bridgehead atoms. The molecule has 2 aromatic carbocycles. The van der Waals surface area contributed by atoms with Crippen molar-refractivity contribution < 1.29 is 23.5 Å². The number of ether oxygens (including phenoxy) is 4. The molecule has 0 saturated carbocycles. The van der Waals surface area contributed by atoms with E-state index < -0.39 is 0 Å². The van der Waals surface area contributed by atoms with E-state index in [1.54, 1.807) is 0 Å². The summed E-state index contributed by atoms with van der Waals surface area (Å²) in [5.41, 5.74) is 9.25. The molecule has 5 aliphatic rings. The van der Waals surface area contributed by atoms with Crippen LogP contribution < -0.4 is 23.8 Å². The number of allylic oxidation sites excluding steroid dienone is 8. The third-order valence-electron chi connectivity index (χ3n) is 9.40. The Balaban J connectivity index is 1.19. The van der Waals surface area contributed by atoms with Crippen LogP contribution in [0, 0.1) is 0 Å². The van der Waals surface area contributed by atoms with Crippen molar-refractivity contribution in [3.05, 3.63) is 81.6 Å². The predicted octanol–water partition coefficient (Wildman–Crippen LogP) is 7.62. The van der Waals surface area contributed by atoms with Crippen LogP contribution in [0.15, 0.2) is 70.4 Å². The fraction of sp³-hybridized carbons (Fsp3) is 0.382. The summed E-state index contributed by atoms with van der Waals surface area (Å²) in [6.45, 7) is 9.61. The van der Waals surface area contributed by atoms with Crippen molar-refractivity contribution >= 4 is 28.7 Å². The number of fused-ring (bicyclic) bond motifs is 4. The standard InChI is InChI=1S/C34H36ClN2O4/c1-33(2)22-14-26-28(40-18-38-26)16-24(22)36(5)30(33)12-10-20-8-7-9-21(32(20)35)11-13-31-34(3,4)23-15-27-29(41-19-39-27)17-25(23)37(31)6/h10-17H,7-9,18-19H2,1-6H3/q+1. The summed E-state index contributed by atoms with van der Waals surface area (Å²) in [5, 5.41) is 0.860. The first-order valence-corrected chi connectivity index (χ1v) is 14.7. The Hall–Kier alpha value is -3.64. The molecule has 4 heterocycles. The zero-order valence-electron chi connectivity index (χ0n) is 24.6. The lowest BCUT2D eigenvalue weighted by Gasteiger charge is -2.24. The molecule has 0 spiro atoms. The van der Waals surface area contributed by atoms with Gasteiger partial charge in [0.25, 0.3) is 0 Å². The minimum absolute atomic E-state index is 0.170. The van der Waals surface area contributed by atoms with E-state index >= 15 is 0 Å². The number of likely N-dealkylation sites (N-methyl/N-ethyl adjacent to an activating group) is 1. The molecule has 0 amide bonds. The molecule has 0 fully saturated rings. The third kappa shape index (κ3) is 3.94. The normalized spacial score (nSPS) is 23.4. The van der Waals surface area contributed by atoms with Crippen LogP contribution in [-0.4, -0.2) is 38.0 Å². The van der Waals surface area contributed by atoms with Gasteiger partial charge in [-0.15, -0.1) is 0 Å².